The summed E-state index contributed by atoms with van der Waals surface area (Å²) in [6, 6.07) is 20.1. The van der Waals surface area contributed by atoms with Crippen LogP contribution < -0.4 is 15.4 Å². The summed E-state index contributed by atoms with van der Waals surface area (Å²) in [5, 5.41) is 18.4. The van der Waals surface area contributed by atoms with E-state index in [2.05, 4.69) is 46.7 Å². The van der Waals surface area contributed by atoms with Crippen LogP contribution in [0.2, 0.25) is 0 Å². The Morgan fingerprint density at radius 1 is 0.853 bits per heavy atom. The maximum absolute atomic E-state index is 12.3. The summed E-state index contributed by atoms with van der Waals surface area (Å²) in [4.78, 5) is 12.3. The number of aryl methyl sites for hydroxylation is 2. The molecular weight excluding hydrogens is 428 g/mol. The SMILES string of the molecule is Cc1cc(C)n(-c2ccc(Oc3ccc(NC(=O)Nc4ccc(C(C)(C)C)cc4)cc3)nn2)n1. The highest BCUT2D eigenvalue weighted by Crippen LogP contribution is 2.24. The number of carbonyl (C=O) groups is 1. The van der Waals surface area contributed by atoms with E-state index >= 15 is 0 Å². The third-order valence-electron chi connectivity index (χ3n) is 5.20. The van der Waals surface area contributed by atoms with E-state index < -0.39 is 0 Å². The van der Waals surface area contributed by atoms with Crippen LogP contribution in [0.15, 0.2) is 66.7 Å². The van der Waals surface area contributed by atoms with E-state index in [4.69, 9.17) is 4.74 Å². The summed E-state index contributed by atoms with van der Waals surface area (Å²) < 4.78 is 7.50. The summed E-state index contributed by atoms with van der Waals surface area (Å²) >= 11 is 0. The molecule has 0 aliphatic heterocycles. The number of urea groups is 1. The predicted molar refractivity (Wildman–Crippen MR) is 133 cm³/mol. The van der Waals surface area contributed by atoms with Gasteiger partial charge >= 0.3 is 6.03 Å². The predicted octanol–water partition coefficient (Wildman–Crippen LogP) is 6.01. The minimum atomic E-state index is -0.317. The smallest absolute Gasteiger partial charge is 0.323 e. The molecule has 0 bridgehead atoms. The molecule has 0 radical (unpaired) electrons. The third kappa shape index (κ3) is 5.58. The van der Waals surface area contributed by atoms with E-state index in [1.165, 1.54) is 5.56 Å². The highest BCUT2D eigenvalue weighted by Gasteiger charge is 2.13. The van der Waals surface area contributed by atoms with E-state index in [1.54, 1.807) is 41.1 Å². The van der Waals surface area contributed by atoms with E-state index in [0.717, 1.165) is 17.1 Å². The average molecular weight is 457 g/mol. The van der Waals surface area contributed by atoms with E-state index in [1.807, 2.05) is 44.2 Å². The Morgan fingerprint density at radius 2 is 1.47 bits per heavy atom. The molecule has 0 spiro atoms. The molecule has 2 aromatic heterocycles. The van der Waals surface area contributed by atoms with Crippen LogP contribution in [0.5, 0.6) is 11.6 Å². The maximum atomic E-state index is 12.3. The number of hydrogen-bond acceptors (Lipinski definition) is 5. The van der Waals surface area contributed by atoms with Crippen molar-refractivity contribution in [3.05, 3.63) is 83.7 Å². The zero-order valence-corrected chi connectivity index (χ0v) is 20.0. The second kappa shape index (κ2) is 9.35. The first-order valence-electron chi connectivity index (χ1n) is 11.0. The fourth-order valence-electron chi connectivity index (χ4n) is 3.42. The Bertz CT molecular complexity index is 1270. The van der Waals surface area contributed by atoms with Crippen molar-refractivity contribution in [2.24, 2.45) is 0 Å². The lowest BCUT2D eigenvalue weighted by atomic mass is 9.87. The van der Waals surface area contributed by atoms with Gasteiger partial charge in [-0.25, -0.2) is 9.48 Å². The van der Waals surface area contributed by atoms with Gasteiger partial charge in [0.25, 0.3) is 0 Å². The molecule has 2 heterocycles. The van der Waals surface area contributed by atoms with Crippen LogP contribution in [0.3, 0.4) is 0 Å². The highest BCUT2D eigenvalue weighted by molar-refractivity contribution is 5.99. The highest BCUT2D eigenvalue weighted by atomic mass is 16.5. The molecule has 2 aromatic carbocycles. The summed E-state index contributed by atoms with van der Waals surface area (Å²) in [6.07, 6.45) is 0. The molecular formula is C26H28N6O2. The number of amides is 2. The van der Waals surface area contributed by atoms with Crippen LogP contribution in [0, 0.1) is 13.8 Å². The van der Waals surface area contributed by atoms with Crippen molar-refractivity contribution in [2.75, 3.05) is 10.6 Å². The van der Waals surface area contributed by atoms with E-state index in [9.17, 15) is 4.79 Å². The van der Waals surface area contributed by atoms with Gasteiger partial charge in [0.2, 0.25) is 5.88 Å². The maximum Gasteiger partial charge on any atom is 0.323 e. The Hall–Kier alpha value is -4.20. The van der Waals surface area contributed by atoms with Crippen molar-refractivity contribution in [1.82, 2.24) is 20.0 Å². The van der Waals surface area contributed by atoms with Crippen molar-refractivity contribution >= 4 is 17.4 Å². The molecule has 8 heteroatoms. The van der Waals surface area contributed by atoms with Crippen molar-refractivity contribution in [3.8, 4) is 17.4 Å². The van der Waals surface area contributed by atoms with Crippen molar-refractivity contribution in [3.63, 3.8) is 0 Å². The molecule has 0 saturated heterocycles. The van der Waals surface area contributed by atoms with Gasteiger partial charge in [-0.2, -0.15) is 5.10 Å². The van der Waals surface area contributed by atoms with Crippen molar-refractivity contribution in [2.45, 2.75) is 40.0 Å². The van der Waals surface area contributed by atoms with Crippen molar-refractivity contribution in [1.29, 1.82) is 0 Å². The largest absolute Gasteiger partial charge is 0.438 e. The monoisotopic (exact) mass is 456 g/mol. The first-order valence-corrected chi connectivity index (χ1v) is 11.0. The first kappa shape index (κ1) is 23.0. The summed E-state index contributed by atoms with van der Waals surface area (Å²) in [5.74, 6) is 1.57. The van der Waals surface area contributed by atoms with Crippen LogP contribution in [0.4, 0.5) is 16.2 Å². The van der Waals surface area contributed by atoms with Crippen LogP contribution in [0.1, 0.15) is 37.7 Å². The summed E-state index contributed by atoms with van der Waals surface area (Å²) in [6.45, 7) is 10.4. The van der Waals surface area contributed by atoms with Crippen molar-refractivity contribution < 1.29 is 9.53 Å². The van der Waals surface area contributed by atoms with Gasteiger partial charge in [-0.3, -0.25) is 0 Å². The number of anilines is 2. The fourth-order valence-corrected chi connectivity index (χ4v) is 3.42. The summed E-state index contributed by atoms with van der Waals surface area (Å²) in [7, 11) is 0. The Morgan fingerprint density at radius 3 is 1.97 bits per heavy atom. The van der Waals surface area contributed by atoms with E-state index in [0.29, 0.717) is 23.1 Å². The van der Waals surface area contributed by atoms with Gasteiger partial charge in [0.1, 0.15) is 5.75 Å². The van der Waals surface area contributed by atoms with Gasteiger partial charge in [0.05, 0.1) is 5.69 Å². The van der Waals surface area contributed by atoms with Gasteiger partial charge in [-0.05, 0) is 73.4 Å². The van der Waals surface area contributed by atoms with Crippen LogP contribution in [-0.4, -0.2) is 26.0 Å². The summed E-state index contributed by atoms with van der Waals surface area (Å²) in [5.41, 5.74) is 4.54. The number of rotatable bonds is 5. The molecule has 4 rings (SSSR count). The second-order valence-electron chi connectivity index (χ2n) is 9.10. The molecule has 0 atom stereocenters. The molecule has 174 valence electrons. The Balaban J connectivity index is 1.33. The number of aromatic nitrogens is 4. The van der Waals surface area contributed by atoms with Gasteiger partial charge < -0.3 is 15.4 Å². The lowest BCUT2D eigenvalue weighted by Crippen LogP contribution is -2.19. The standard InChI is InChI=1S/C26H28N6O2/c1-17-16-18(2)32(31-17)23-14-15-24(30-29-23)34-22-12-10-21(11-13-22)28-25(33)27-20-8-6-19(7-9-20)26(3,4)5/h6-16H,1-5H3,(H2,27,28,33). The number of nitrogens with zero attached hydrogens (tertiary/aromatic N) is 4. The minimum Gasteiger partial charge on any atom is -0.438 e. The minimum absolute atomic E-state index is 0.0656. The quantitative estimate of drug-likeness (QED) is 0.383. The molecule has 2 N–H and O–H groups in total. The lowest BCUT2D eigenvalue weighted by molar-refractivity contribution is 0.262. The van der Waals surface area contributed by atoms with Gasteiger partial charge in [-0.1, -0.05) is 32.9 Å². The lowest BCUT2D eigenvalue weighted by Gasteiger charge is -2.19. The fraction of sp³-hybridized carbons (Fsp3) is 0.231. The number of ether oxygens (including phenoxy) is 1. The zero-order chi connectivity index (χ0) is 24.3. The topological polar surface area (TPSA) is 94.0 Å². The molecule has 0 saturated carbocycles. The second-order valence-corrected chi connectivity index (χ2v) is 9.10. The molecule has 2 amide bonds. The van der Waals surface area contributed by atoms with Crippen LogP contribution >= 0.6 is 0 Å². The Labute approximate surface area is 199 Å². The van der Waals surface area contributed by atoms with Gasteiger partial charge in [0, 0.05) is 23.1 Å². The van der Waals surface area contributed by atoms with E-state index in [-0.39, 0.29) is 11.4 Å². The van der Waals surface area contributed by atoms with Gasteiger partial charge in [0.15, 0.2) is 5.82 Å². The number of nitrogens with one attached hydrogen (secondary N) is 2. The average Bonchev–Trinajstić information content (AvgIpc) is 3.13. The van der Waals surface area contributed by atoms with Crippen LogP contribution in [0.25, 0.3) is 5.82 Å². The molecule has 0 unspecified atom stereocenters. The Kier molecular flexibility index (Phi) is 6.32. The third-order valence-corrected chi connectivity index (χ3v) is 5.20. The normalized spacial score (nSPS) is 11.2. The molecule has 0 aliphatic carbocycles. The molecule has 4 aromatic rings. The number of carbonyl (C=O) groups excluding carboxylic acids is 1. The molecule has 0 aliphatic rings. The molecule has 0 fully saturated rings. The number of benzene rings is 2. The van der Waals surface area contributed by atoms with Gasteiger partial charge in [-0.15, -0.1) is 10.2 Å². The molecule has 34 heavy (non-hydrogen) atoms. The first-order chi connectivity index (χ1) is 16.2. The zero-order valence-electron chi connectivity index (χ0n) is 20.0. The molecule has 8 nitrogen and oxygen atoms in total. The van der Waals surface area contributed by atoms with Crippen LogP contribution in [-0.2, 0) is 5.41 Å². The number of hydrogen-bond donors (Lipinski definition) is 2.